The molecule has 4 heteroatoms. The minimum atomic E-state index is -0.341. The Kier molecular flexibility index (Phi) is 8.39. The average Bonchev–Trinajstić information content (AvgIpc) is 3.35. The molecule has 0 saturated heterocycles. The van der Waals surface area contributed by atoms with E-state index >= 15 is 0 Å². The Bertz CT molecular complexity index is 2160. The van der Waals surface area contributed by atoms with Gasteiger partial charge in [-0.05, 0) is 118 Å². The minimum Gasteiger partial charge on any atom is -0.497 e. The van der Waals surface area contributed by atoms with Crippen LogP contribution in [0.15, 0.2) is 140 Å². The molecule has 1 aliphatic carbocycles. The first-order chi connectivity index (χ1) is 23.7. The lowest BCUT2D eigenvalue weighted by Gasteiger charge is -2.28. The van der Waals surface area contributed by atoms with Crippen molar-refractivity contribution < 1.29 is 14.3 Å². The maximum absolute atomic E-state index is 11.5. The summed E-state index contributed by atoms with van der Waals surface area (Å²) in [6.07, 6.45) is 2.19. The van der Waals surface area contributed by atoms with E-state index < -0.39 is 0 Å². The number of hydrogen-bond acceptors (Lipinski definition) is 4. The van der Waals surface area contributed by atoms with Crippen LogP contribution >= 0.6 is 0 Å². The van der Waals surface area contributed by atoms with Crippen molar-refractivity contribution in [3.05, 3.63) is 173 Å². The van der Waals surface area contributed by atoms with Gasteiger partial charge in [-0.25, -0.2) is 0 Å². The van der Waals surface area contributed by atoms with Gasteiger partial charge in [-0.3, -0.25) is 4.79 Å². The molecule has 7 rings (SSSR count). The second-order valence-corrected chi connectivity index (χ2v) is 13.1. The van der Waals surface area contributed by atoms with Gasteiger partial charge in [0.15, 0.2) is 0 Å². The predicted molar refractivity (Wildman–Crippen MR) is 201 cm³/mol. The van der Waals surface area contributed by atoms with Gasteiger partial charge in [-0.15, -0.1) is 0 Å². The molecule has 0 radical (unpaired) electrons. The Morgan fingerprint density at radius 2 is 1.18 bits per heavy atom. The van der Waals surface area contributed by atoms with Crippen LogP contribution in [0.5, 0.6) is 11.5 Å². The lowest BCUT2D eigenvalue weighted by molar-refractivity contribution is -0.131. The van der Waals surface area contributed by atoms with Crippen LogP contribution in [-0.2, 0) is 10.2 Å². The van der Waals surface area contributed by atoms with Gasteiger partial charge in [0.2, 0.25) is 0 Å². The van der Waals surface area contributed by atoms with E-state index in [2.05, 4.69) is 135 Å². The van der Waals surface area contributed by atoms with E-state index in [9.17, 15) is 4.79 Å². The summed E-state index contributed by atoms with van der Waals surface area (Å²) in [5.74, 6) is 0.976. The molecule has 242 valence electrons. The Hall–Kier alpha value is -5.87. The summed E-state index contributed by atoms with van der Waals surface area (Å²) in [5, 5.41) is 0. The fourth-order valence-corrected chi connectivity index (χ4v) is 6.83. The van der Waals surface area contributed by atoms with E-state index in [1.807, 2.05) is 36.4 Å². The first-order valence-corrected chi connectivity index (χ1v) is 16.6. The van der Waals surface area contributed by atoms with E-state index in [1.54, 1.807) is 7.11 Å². The number of methoxy groups -OCH3 is 1. The maximum Gasteiger partial charge on any atom is 0.308 e. The summed E-state index contributed by atoms with van der Waals surface area (Å²) in [6.45, 7) is 8.17. The summed E-state index contributed by atoms with van der Waals surface area (Å²) in [6, 6.07) is 48.8. The highest BCUT2D eigenvalue weighted by molar-refractivity contribution is 5.92. The topological polar surface area (TPSA) is 38.8 Å². The Labute approximate surface area is 288 Å². The van der Waals surface area contributed by atoms with E-state index in [4.69, 9.17) is 9.47 Å². The highest BCUT2D eigenvalue weighted by atomic mass is 16.5. The van der Waals surface area contributed by atoms with Gasteiger partial charge >= 0.3 is 5.97 Å². The Balaban J connectivity index is 1.29. The van der Waals surface area contributed by atoms with E-state index in [0.29, 0.717) is 5.75 Å². The molecule has 0 N–H and O–H groups in total. The van der Waals surface area contributed by atoms with Crippen molar-refractivity contribution in [2.75, 3.05) is 12.0 Å². The van der Waals surface area contributed by atoms with E-state index in [1.165, 1.54) is 34.7 Å². The zero-order valence-electron chi connectivity index (χ0n) is 28.5. The number of benzene rings is 6. The second kappa shape index (κ2) is 13.0. The standard InChI is InChI=1S/C45H39NO3/c1-30-10-18-35(19-11-30)46(37-22-27-41-40-8-6-7-9-43(40)45(3,4)44(41)29-37)36-20-12-32(13-21-36)28-42(33-14-23-38(48-5)24-15-33)34-16-25-39(26-17-34)49-31(2)47/h6-29H,1-5H3/b42-28+. The SMILES string of the molecule is COc1ccc(/C(=C\c2ccc(N(c3ccc(C)cc3)c3ccc4c(c3)C(C)(C)c3ccccc3-4)cc2)c2ccc(OC(C)=O)cc2)cc1. The Morgan fingerprint density at radius 3 is 1.80 bits per heavy atom. The smallest absolute Gasteiger partial charge is 0.308 e. The zero-order valence-corrected chi connectivity index (χ0v) is 28.5. The third-order valence-electron chi connectivity index (χ3n) is 9.41. The fourth-order valence-electron chi connectivity index (χ4n) is 6.83. The molecule has 4 nitrogen and oxygen atoms in total. The number of fused-ring (bicyclic) bond motifs is 3. The van der Waals surface area contributed by atoms with Crippen molar-refractivity contribution in [2.24, 2.45) is 0 Å². The molecule has 1 aliphatic rings. The molecular weight excluding hydrogens is 602 g/mol. The third-order valence-corrected chi connectivity index (χ3v) is 9.41. The number of nitrogens with zero attached hydrogens (tertiary/aromatic N) is 1. The molecule has 0 fully saturated rings. The first kappa shape index (κ1) is 31.7. The normalized spacial score (nSPS) is 13.0. The van der Waals surface area contributed by atoms with Gasteiger partial charge in [0.1, 0.15) is 11.5 Å². The number of aryl methyl sites for hydroxylation is 1. The van der Waals surface area contributed by atoms with Crippen molar-refractivity contribution in [3.8, 4) is 22.6 Å². The summed E-state index contributed by atoms with van der Waals surface area (Å²) in [4.78, 5) is 13.8. The fraction of sp³-hybridized carbons (Fsp3) is 0.133. The highest BCUT2D eigenvalue weighted by Crippen LogP contribution is 2.50. The lowest BCUT2D eigenvalue weighted by atomic mass is 9.82. The van der Waals surface area contributed by atoms with Crippen LogP contribution in [0.25, 0.3) is 22.8 Å². The van der Waals surface area contributed by atoms with Crippen molar-refractivity contribution in [1.29, 1.82) is 0 Å². The molecule has 0 atom stereocenters. The first-order valence-electron chi connectivity index (χ1n) is 16.6. The van der Waals surface area contributed by atoms with Crippen molar-refractivity contribution in [2.45, 2.75) is 33.1 Å². The van der Waals surface area contributed by atoms with Gasteiger partial charge in [-0.1, -0.05) is 98.3 Å². The quantitative estimate of drug-likeness (QED) is 0.0942. The molecule has 0 spiro atoms. The molecule has 0 unspecified atom stereocenters. The summed E-state index contributed by atoms with van der Waals surface area (Å²) in [5.41, 5.74) is 13.9. The van der Waals surface area contributed by atoms with Gasteiger partial charge < -0.3 is 14.4 Å². The number of ether oxygens (including phenoxy) is 2. The molecule has 6 aromatic rings. The molecule has 0 aromatic heterocycles. The third kappa shape index (κ3) is 6.26. The van der Waals surface area contributed by atoms with Crippen LogP contribution in [0.2, 0.25) is 0 Å². The molecular formula is C45H39NO3. The van der Waals surface area contributed by atoms with Crippen LogP contribution in [-0.4, -0.2) is 13.1 Å². The van der Waals surface area contributed by atoms with E-state index in [-0.39, 0.29) is 11.4 Å². The number of esters is 1. The monoisotopic (exact) mass is 641 g/mol. The highest BCUT2D eigenvalue weighted by Gasteiger charge is 2.35. The minimum absolute atomic E-state index is 0.0935. The molecule has 0 saturated carbocycles. The van der Waals surface area contributed by atoms with Crippen LogP contribution < -0.4 is 14.4 Å². The Morgan fingerprint density at radius 1 is 0.633 bits per heavy atom. The number of carbonyl (C=O) groups is 1. The summed E-state index contributed by atoms with van der Waals surface area (Å²) >= 11 is 0. The largest absolute Gasteiger partial charge is 0.497 e. The maximum atomic E-state index is 11.5. The number of hydrogen-bond donors (Lipinski definition) is 0. The van der Waals surface area contributed by atoms with Crippen molar-refractivity contribution >= 4 is 34.7 Å². The number of anilines is 3. The summed E-state index contributed by atoms with van der Waals surface area (Å²) < 4.78 is 10.7. The van der Waals surface area contributed by atoms with Gasteiger partial charge in [0.05, 0.1) is 7.11 Å². The van der Waals surface area contributed by atoms with Crippen LogP contribution in [0.4, 0.5) is 17.1 Å². The van der Waals surface area contributed by atoms with Gasteiger partial charge in [-0.2, -0.15) is 0 Å². The molecule has 0 heterocycles. The molecule has 0 aliphatic heterocycles. The molecule has 49 heavy (non-hydrogen) atoms. The van der Waals surface area contributed by atoms with Crippen LogP contribution in [0, 0.1) is 6.92 Å². The van der Waals surface area contributed by atoms with Gasteiger partial charge in [0.25, 0.3) is 0 Å². The van der Waals surface area contributed by atoms with Crippen molar-refractivity contribution in [3.63, 3.8) is 0 Å². The molecule has 6 aromatic carbocycles. The number of carbonyl (C=O) groups excluding carboxylic acids is 1. The molecule has 0 amide bonds. The van der Waals surface area contributed by atoms with E-state index in [0.717, 1.165) is 45.1 Å². The zero-order chi connectivity index (χ0) is 34.1. The van der Waals surface area contributed by atoms with Crippen LogP contribution in [0.1, 0.15) is 54.2 Å². The molecule has 0 bridgehead atoms. The predicted octanol–water partition coefficient (Wildman–Crippen LogP) is 11.3. The second-order valence-electron chi connectivity index (χ2n) is 13.1. The summed E-state index contributed by atoms with van der Waals surface area (Å²) in [7, 11) is 1.67. The average molecular weight is 642 g/mol. The van der Waals surface area contributed by atoms with Gasteiger partial charge in [0, 0.05) is 29.4 Å². The lowest BCUT2D eigenvalue weighted by Crippen LogP contribution is -2.16. The van der Waals surface area contributed by atoms with Crippen molar-refractivity contribution in [1.82, 2.24) is 0 Å². The number of rotatable bonds is 8. The van der Waals surface area contributed by atoms with Crippen LogP contribution in [0.3, 0.4) is 0 Å².